The van der Waals surface area contributed by atoms with Crippen molar-refractivity contribution >= 4 is 0 Å². The first kappa shape index (κ1) is 6.14. The fraction of sp³-hybridized carbons (Fsp3) is 0.500. The van der Waals surface area contributed by atoms with Gasteiger partial charge in [0.05, 0.1) is 0 Å². The lowest BCUT2D eigenvalue weighted by Gasteiger charge is -1.85. The van der Waals surface area contributed by atoms with E-state index in [1.807, 2.05) is 0 Å². The molecular formula is C4H7NO2. The van der Waals surface area contributed by atoms with Gasteiger partial charge in [0, 0.05) is 4.92 Å². The summed E-state index contributed by atoms with van der Waals surface area (Å²) in [5.74, 6) is 0. The van der Waals surface area contributed by atoms with Crippen molar-refractivity contribution in [3.05, 3.63) is 22.3 Å². The molecule has 0 aromatic heterocycles. The lowest BCUT2D eigenvalue weighted by atomic mass is 10.4. The predicted molar refractivity (Wildman–Crippen MR) is 26.7 cm³/mol. The summed E-state index contributed by atoms with van der Waals surface area (Å²) in [5, 5.41) is 9.55. The second kappa shape index (κ2) is 2.34. The van der Waals surface area contributed by atoms with E-state index in [4.69, 9.17) is 0 Å². The summed E-state index contributed by atoms with van der Waals surface area (Å²) in [6, 6.07) is 0. The predicted octanol–water partition coefficient (Wildman–Crippen LogP) is 0.839. The van der Waals surface area contributed by atoms with Crippen molar-refractivity contribution < 1.29 is 4.92 Å². The van der Waals surface area contributed by atoms with Crippen LogP contribution in [0.5, 0.6) is 0 Å². The third-order valence-electron chi connectivity index (χ3n) is 0.399. The molecule has 0 spiro atoms. The van der Waals surface area contributed by atoms with Crippen LogP contribution >= 0.6 is 0 Å². The van der Waals surface area contributed by atoms with Crippen LogP contribution in [0.15, 0.2) is 12.2 Å². The van der Waals surface area contributed by atoms with E-state index in [1.165, 1.54) is 0 Å². The molecule has 7 heavy (non-hydrogen) atoms. The van der Waals surface area contributed by atoms with Crippen molar-refractivity contribution in [1.82, 2.24) is 0 Å². The quantitative estimate of drug-likeness (QED) is 0.294. The van der Waals surface area contributed by atoms with Gasteiger partial charge in [0.15, 0.2) is 0 Å². The minimum absolute atomic E-state index is 0.111. The number of rotatable bonds is 2. The van der Waals surface area contributed by atoms with E-state index in [0.29, 0.717) is 5.57 Å². The Morgan fingerprint density at radius 2 is 2.43 bits per heavy atom. The van der Waals surface area contributed by atoms with Gasteiger partial charge in [0.2, 0.25) is 6.54 Å². The van der Waals surface area contributed by atoms with Crippen LogP contribution in [0.1, 0.15) is 6.92 Å². The van der Waals surface area contributed by atoms with Gasteiger partial charge in [-0.05, 0) is 12.5 Å². The Morgan fingerprint density at radius 3 is 2.43 bits per heavy atom. The summed E-state index contributed by atoms with van der Waals surface area (Å²) < 4.78 is 0. The monoisotopic (exact) mass is 101 g/mol. The summed E-state index contributed by atoms with van der Waals surface area (Å²) in [6.45, 7) is 4.87. The molecular weight excluding hydrogens is 94.0 g/mol. The summed E-state index contributed by atoms with van der Waals surface area (Å²) in [6.07, 6.45) is 0. The van der Waals surface area contributed by atoms with Gasteiger partial charge >= 0.3 is 0 Å². The molecule has 0 aromatic rings. The lowest BCUT2D eigenvalue weighted by Crippen LogP contribution is -1.99. The Morgan fingerprint density at radius 1 is 2.00 bits per heavy atom. The highest BCUT2D eigenvalue weighted by Crippen LogP contribution is 1.83. The standard InChI is InChI=1S/C4H7NO2/c1-4(2)3-5(6)7/h1,3H2,2H3. The fourth-order valence-corrected chi connectivity index (χ4v) is 0.220. The maximum atomic E-state index is 9.55. The first-order chi connectivity index (χ1) is 3.13. The molecule has 0 radical (unpaired) electrons. The minimum Gasteiger partial charge on any atom is -0.264 e. The third kappa shape index (κ3) is 5.14. The third-order valence-corrected chi connectivity index (χ3v) is 0.399. The average molecular weight is 101 g/mol. The molecule has 40 valence electrons. The smallest absolute Gasteiger partial charge is 0.224 e. The number of hydrogen-bond donors (Lipinski definition) is 0. The van der Waals surface area contributed by atoms with E-state index in [-0.39, 0.29) is 6.54 Å². The fourth-order valence-electron chi connectivity index (χ4n) is 0.220. The van der Waals surface area contributed by atoms with E-state index in [1.54, 1.807) is 6.92 Å². The molecule has 0 aliphatic heterocycles. The molecule has 0 atom stereocenters. The summed E-state index contributed by atoms with van der Waals surface area (Å²) in [7, 11) is 0. The molecule has 3 nitrogen and oxygen atoms in total. The molecule has 0 N–H and O–H groups in total. The first-order valence-corrected chi connectivity index (χ1v) is 1.89. The highest BCUT2D eigenvalue weighted by molar-refractivity contribution is 4.86. The molecule has 0 heterocycles. The molecule has 0 saturated heterocycles. The van der Waals surface area contributed by atoms with Gasteiger partial charge in [-0.25, -0.2) is 0 Å². The van der Waals surface area contributed by atoms with Gasteiger partial charge in [-0.2, -0.15) is 0 Å². The van der Waals surface area contributed by atoms with Crippen LogP contribution in [0.3, 0.4) is 0 Å². The van der Waals surface area contributed by atoms with Gasteiger partial charge in [0.25, 0.3) is 0 Å². The summed E-state index contributed by atoms with van der Waals surface area (Å²) in [5.41, 5.74) is 0.588. The molecule has 3 heteroatoms. The summed E-state index contributed by atoms with van der Waals surface area (Å²) >= 11 is 0. The zero-order chi connectivity index (χ0) is 5.86. The lowest BCUT2D eigenvalue weighted by molar-refractivity contribution is -0.470. The SMILES string of the molecule is C=C(C)C[N+](=O)[O-]. The average Bonchev–Trinajstić information content (AvgIpc) is 1.27. The van der Waals surface area contributed by atoms with Gasteiger partial charge in [-0.15, -0.1) is 0 Å². The molecule has 0 aromatic carbocycles. The Hall–Kier alpha value is -0.860. The van der Waals surface area contributed by atoms with Crippen molar-refractivity contribution in [3.63, 3.8) is 0 Å². The van der Waals surface area contributed by atoms with Crippen LogP contribution in [0, 0.1) is 10.1 Å². The van der Waals surface area contributed by atoms with Gasteiger partial charge in [-0.1, -0.05) is 6.58 Å². The van der Waals surface area contributed by atoms with E-state index < -0.39 is 4.92 Å². The number of nitro groups is 1. The van der Waals surface area contributed by atoms with Crippen molar-refractivity contribution in [2.75, 3.05) is 6.54 Å². The van der Waals surface area contributed by atoms with Crippen molar-refractivity contribution in [3.8, 4) is 0 Å². The zero-order valence-corrected chi connectivity index (χ0v) is 4.18. The zero-order valence-electron chi connectivity index (χ0n) is 4.18. The van der Waals surface area contributed by atoms with Crippen LogP contribution < -0.4 is 0 Å². The maximum absolute atomic E-state index is 9.55. The van der Waals surface area contributed by atoms with Gasteiger partial charge in [0.1, 0.15) is 0 Å². The highest BCUT2D eigenvalue weighted by atomic mass is 16.6. The largest absolute Gasteiger partial charge is 0.264 e. The molecule has 0 aliphatic rings. The molecule has 0 bridgehead atoms. The van der Waals surface area contributed by atoms with Crippen LogP contribution in [0.4, 0.5) is 0 Å². The van der Waals surface area contributed by atoms with Gasteiger partial charge < -0.3 is 0 Å². The number of nitrogens with zero attached hydrogens (tertiary/aromatic N) is 1. The Bertz CT molecular complexity index is 85.9. The van der Waals surface area contributed by atoms with E-state index in [2.05, 4.69) is 6.58 Å². The number of hydrogen-bond acceptors (Lipinski definition) is 2. The Kier molecular flexibility index (Phi) is 2.05. The molecule has 0 unspecified atom stereocenters. The molecule has 0 amide bonds. The summed E-state index contributed by atoms with van der Waals surface area (Å²) in [4.78, 5) is 9.15. The van der Waals surface area contributed by atoms with Crippen LogP contribution in [0.2, 0.25) is 0 Å². The molecule has 0 aliphatic carbocycles. The first-order valence-electron chi connectivity index (χ1n) is 1.89. The highest BCUT2D eigenvalue weighted by Gasteiger charge is 1.92. The van der Waals surface area contributed by atoms with E-state index >= 15 is 0 Å². The van der Waals surface area contributed by atoms with Crippen LogP contribution in [-0.2, 0) is 0 Å². The second-order valence-electron chi connectivity index (χ2n) is 1.45. The van der Waals surface area contributed by atoms with Crippen molar-refractivity contribution in [2.24, 2.45) is 0 Å². The molecule has 0 saturated carbocycles. The normalized spacial score (nSPS) is 8.14. The van der Waals surface area contributed by atoms with E-state index in [0.717, 1.165) is 0 Å². The minimum atomic E-state index is -0.400. The van der Waals surface area contributed by atoms with E-state index in [9.17, 15) is 10.1 Å². The van der Waals surface area contributed by atoms with Gasteiger partial charge in [-0.3, -0.25) is 10.1 Å². The van der Waals surface area contributed by atoms with Crippen molar-refractivity contribution in [1.29, 1.82) is 0 Å². The second-order valence-corrected chi connectivity index (χ2v) is 1.45. The molecule has 0 fully saturated rings. The Labute approximate surface area is 41.8 Å². The Balaban J connectivity index is 3.32. The maximum Gasteiger partial charge on any atom is 0.224 e. The molecule has 0 rings (SSSR count). The van der Waals surface area contributed by atoms with Crippen LogP contribution in [-0.4, -0.2) is 11.5 Å². The van der Waals surface area contributed by atoms with Crippen LogP contribution in [0.25, 0.3) is 0 Å². The topological polar surface area (TPSA) is 43.1 Å². The van der Waals surface area contributed by atoms with Crippen molar-refractivity contribution in [2.45, 2.75) is 6.92 Å².